The van der Waals surface area contributed by atoms with Crippen LogP contribution < -0.4 is 10.6 Å². The standard InChI is InChI=1S/C7H16N2O2/c1-8-5-3-4-6(9-2)7(10)11/h6,8-9H,3-5H2,1-2H3,(H,10,11). The molecule has 3 N–H and O–H groups in total. The Kier molecular flexibility index (Phi) is 5.78. The Labute approximate surface area is 67.0 Å². The molecular formula is C7H16N2O2. The van der Waals surface area contributed by atoms with Gasteiger partial charge in [0, 0.05) is 0 Å². The maximum atomic E-state index is 10.4. The van der Waals surface area contributed by atoms with Crippen LogP contribution in [0.1, 0.15) is 12.8 Å². The third kappa shape index (κ3) is 4.75. The van der Waals surface area contributed by atoms with Crippen LogP contribution >= 0.6 is 0 Å². The summed E-state index contributed by atoms with van der Waals surface area (Å²) in [6, 6.07) is -0.400. The predicted octanol–water partition coefficient (Wildman–Crippen LogP) is -0.341. The van der Waals surface area contributed by atoms with Crippen LogP contribution in [0.25, 0.3) is 0 Å². The van der Waals surface area contributed by atoms with Gasteiger partial charge in [-0.25, -0.2) is 0 Å². The van der Waals surface area contributed by atoms with E-state index in [0.717, 1.165) is 13.0 Å². The van der Waals surface area contributed by atoms with Crippen molar-refractivity contribution in [3.8, 4) is 0 Å². The van der Waals surface area contributed by atoms with Gasteiger partial charge >= 0.3 is 5.97 Å². The van der Waals surface area contributed by atoms with E-state index in [2.05, 4.69) is 10.6 Å². The van der Waals surface area contributed by atoms with Gasteiger partial charge in [0.15, 0.2) is 0 Å². The maximum absolute atomic E-state index is 10.4. The fourth-order valence-electron chi connectivity index (χ4n) is 0.874. The van der Waals surface area contributed by atoms with Crippen LogP contribution in [0.2, 0.25) is 0 Å². The first-order valence-corrected chi connectivity index (χ1v) is 3.77. The summed E-state index contributed by atoms with van der Waals surface area (Å²) < 4.78 is 0. The van der Waals surface area contributed by atoms with Gasteiger partial charge in [-0.05, 0) is 33.5 Å². The molecule has 0 amide bonds. The molecule has 4 nitrogen and oxygen atoms in total. The highest BCUT2D eigenvalue weighted by Gasteiger charge is 2.12. The topological polar surface area (TPSA) is 61.4 Å². The largest absolute Gasteiger partial charge is 0.480 e. The predicted molar refractivity (Wildman–Crippen MR) is 43.6 cm³/mol. The monoisotopic (exact) mass is 160 g/mol. The number of likely N-dealkylation sites (N-methyl/N-ethyl adjacent to an activating group) is 1. The molecule has 1 unspecified atom stereocenters. The van der Waals surface area contributed by atoms with Crippen molar-refractivity contribution in [3.05, 3.63) is 0 Å². The van der Waals surface area contributed by atoms with Crippen molar-refractivity contribution in [2.24, 2.45) is 0 Å². The summed E-state index contributed by atoms with van der Waals surface area (Å²) in [5.41, 5.74) is 0. The van der Waals surface area contributed by atoms with Gasteiger partial charge in [-0.15, -0.1) is 0 Å². The molecule has 66 valence electrons. The summed E-state index contributed by atoms with van der Waals surface area (Å²) in [4.78, 5) is 10.4. The lowest BCUT2D eigenvalue weighted by molar-refractivity contribution is -0.139. The average molecular weight is 160 g/mol. The second kappa shape index (κ2) is 6.12. The van der Waals surface area contributed by atoms with Gasteiger partial charge in [-0.3, -0.25) is 4.79 Å². The van der Waals surface area contributed by atoms with Crippen LogP contribution in [-0.2, 0) is 4.79 Å². The third-order valence-corrected chi connectivity index (χ3v) is 1.57. The molecule has 1 atom stereocenters. The number of hydrogen-bond acceptors (Lipinski definition) is 3. The summed E-state index contributed by atoms with van der Waals surface area (Å²) in [6.45, 7) is 0.867. The zero-order valence-electron chi connectivity index (χ0n) is 7.05. The van der Waals surface area contributed by atoms with E-state index >= 15 is 0 Å². The smallest absolute Gasteiger partial charge is 0.320 e. The first-order chi connectivity index (χ1) is 5.22. The van der Waals surface area contributed by atoms with E-state index in [-0.39, 0.29) is 0 Å². The maximum Gasteiger partial charge on any atom is 0.320 e. The Balaban J connectivity index is 3.44. The highest BCUT2D eigenvalue weighted by Crippen LogP contribution is 1.95. The molecule has 0 aromatic carbocycles. The number of rotatable bonds is 6. The summed E-state index contributed by atoms with van der Waals surface area (Å²) in [5.74, 6) is -0.774. The highest BCUT2D eigenvalue weighted by molar-refractivity contribution is 5.73. The van der Waals surface area contributed by atoms with Crippen LogP contribution in [0.5, 0.6) is 0 Å². The van der Waals surface area contributed by atoms with E-state index in [4.69, 9.17) is 5.11 Å². The van der Waals surface area contributed by atoms with Gasteiger partial charge in [-0.1, -0.05) is 0 Å². The fraction of sp³-hybridized carbons (Fsp3) is 0.857. The van der Waals surface area contributed by atoms with Gasteiger partial charge in [0.25, 0.3) is 0 Å². The van der Waals surface area contributed by atoms with Crippen molar-refractivity contribution >= 4 is 5.97 Å². The fourth-order valence-corrected chi connectivity index (χ4v) is 0.874. The van der Waals surface area contributed by atoms with Crippen molar-refractivity contribution in [1.82, 2.24) is 10.6 Å². The van der Waals surface area contributed by atoms with Gasteiger partial charge in [0.05, 0.1) is 0 Å². The highest BCUT2D eigenvalue weighted by atomic mass is 16.4. The second-order valence-electron chi connectivity index (χ2n) is 2.43. The van der Waals surface area contributed by atoms with E-state index in [1.54, 1.807) is 7.05 Å². The third-order valence-electron chi connectivity index (χ3n) is 1.57. The van der Waals surface area contributed by atoms with Crippen molar-refractivity contribution in [1.29, 1.82) is 0 Å². The number of carbonyl (C=O) groups is 1. The molecule has 0 bridgehead atoms. The summed E-state index contributed by atoms with van der Waals surface area (Å²) >= 11 is 0. The molecule has 0 radical (unpaired) electrons. The van der Waals surface area contributed by atoms with Crippen molar-refractivity contribution in [3.63, 3.8) is 0 Å². The van der Waals surface area contributed by atoms with E-state index < -0.39 is 12.0 Å². The molecule has 0 aromatic heterocycles. The molecule has 0 heterocycles. The minimum Gasteiger partial charge on any atom is -0.480 e. The first kappa shape index (κ1) is 10.4. The Hall–Kier alpha value is -0.610. The molecule has 0 fully saturated rings. The molecular weight excluding hydrogens is 144 g/mol. The number of hydrogen-bond donors (Lipinski definition) is 3. The normalized spacial score (nSPS) is 12.9. The van der Waals surface area contributed by atoms with Crippen molar-refractivity contribution < 1.29 is 9.90 Å². The Morgan fingerprint density at radius 1 is 1.55 bits per heavy atom. The number of carboxylic acid groups (broad SMARTS) is 1. The van der Waals surface area contributed by atoms with Gasteiger partial charge < -0.3 is 15.7 Å². The average Bonchev–Trinajstić information content (AvgIpc) is 1.97. The zero-order valence-corrected chi connectivity index (χ0v) is 7.05. The lowest BCUT2D eigenvalue weighted by atomic mass is 10.1. The van der Waals surface area contributed by atoms with Gasteiger partial charge in [0.2, 0.25) is 0 Å². The first-order valence-electron chi connectivity index (χ1n) is 3.77. The molecule has 0 spiro atoms. The minimum atomic E-state index is -0.774. The van der Waals surface area contributed by atoms with E-state index in [9.17, 15) is 4.79 Å². The van der Waals surface area contributed by atoms with Crippen molar-refractivity contribution in [2.45, 2.75) is 18.9 Å². The van der Waals surface area contributed by atoms with Crippen LogP contribution in [-0.4, -0.2) is 37.8 Å². The summed E-state index contributed by atoms with van der Waals surface area (Å²) in [7, 11) is 3.52. The second-order valence-corrected chi connectivity index (χ2v) is 2.43. The van der Waals surface area contributed by atoms with Gasteiger partial charge in [0.1, 0.15) is 6.04 Å². The van der Waals surface area contributed by atoms with Crippen LogP contribution in [0.15, 0.2) is 0 Å². The lowest BCUT2D eigenvalue weighted by Crippen LogP contribution is -2.34. The molecule has 0 aliphatic heterocycles. The summed E-state index contributed by atoms with van der Waals surface area (Å²) in [6.07, 6.45) is 1.56. The number of carboxylic acids is 1. The number of aliphatic carboxylic acids is 1. The molecule has 0 saturated heterocycles. The number of nitrogens with one attached hydrogen (secondary N) is 2. The van der Waals surface area contributed by atoms with Crippen LogP contribution in [0.3, 0.4) is 0 Å². The molecule has 4 heteroatoms. The zero-order chi connectivity index (χ0) is 8.69. The van der Waals surface area contributed by atoms with Crippen LogP contribution in [0, 0.1) is 0 Å². The van der Waals surface area contributed by atoms with Crippen LogP contribution in [0.4, 0.5) is 0 Å². The van der Waals surface area contributed by atoms with Gasteiger partial charge in [-0.2, -0.15) is 0 Å². The SMILES string of the molecule is CNCCCC(NC)C(=O)O. The molecule has 11 heavy (non-hydrogen) atoms. The lowest BCUT2D eigenvalue weighted by Gasteiger charge is -2.09. The van der Waals surface area contributed by atoms with E-state index in [0.29, 0.717) is 6.42 Å². The van der Waals surface area contributed by atoms with E-state index in [1.807, 2.05) is 7.05 Å². The Morgan fingerprint density at radius 3 is 2.55 bits per heavy atom. The molecule has 0 aliphatic carbocycles. The molecule has 0 aliphatic rings. The minimum absolute atomic E-state index is 0.400. The van der Waals surface area contributed by atoms with Crippen molar-refractivity contribution in [2.75, 3.05) is 20.6 Å². The quantitative estimate of drug-likeness (QED) is 0.465. The Bertz CT molecular complexity index is 117. The molecule has 0 aromatic rings. The molecule has 0 saturated carbocycles. The van der Waals surface area contributed by atoms with E-state index in [1.165, 1.54) is 0 Å². The Morgan fingerprint density at radius 2 is 2.18 bits per heavy atom. The summed E-state index contributed by atoms with van der Waals surface area (Å²) in [5, 5.41) is 14.3. The molecule has 0 rings (SSSR count).